The van der Waals surface area contributed by atoms with E-state index in [4.69, 9.17) is 5.73 Å². The topological polar surface area (TPSA) is 75.9 Å². The highest BCUT2D eigenvalue weighted by Gasteiger charge is 2.24. The molecule has 0 bridgehead atoms. The summed E-state index contributed by atoms with van der Waals surface area (Å²) in [6.45, 7) is 6.55. The highest BCUT2D eigenvalue weighted by atomic mass is 15.1. The van der Waals surface area contributed by atoms with Crippen molar-refractivity contribution >= 4 is 17.6 Å². The maximum absolute atomic E-state index is 5.68. The van der Waals surface area contributed by atoms with Crippen LogP contribution >= 0.6 is 0 Å². The molecule has 0 aliphatic heterocycles. The van der Waals surface area contributed by atoms with Crippen molar-refractivity contribution in [3.8, 4) is 0 Å². The predicted octanol–water partition coefficient (Wildman–Crippen LogP) is 2.48. The SMILES string of the molecule is CCC(CC)(CC)Nc1cc(NC)nc(N)n1. The molecule has 0 amide bonds. The highest BCUT2D eigenvalue weighted by molar-refractivity contribution is 5.51. The molecule has 1 heterocycles. The number of nitrogens with one attached hydrogen (secondary N) is 2. The first-order chi connectivity index (χ1) is 8.09. The van der Waals surface area contributed by atoms with Crippen molar-refractivity contribution in [1.29, 1.82) is 0 Å². The Labute approximate surface area is 103 Å². The van der Waals surface area contributed by atoms with Crippen LogP contribution in [0.1, 0.15) is 40.0 Å². The molecule has 17 heavy (non-hydrogen) atoms. The third-order valence-electron chi connectivity index (χ3n) is 3.42. The molecule has 0 unspecified atom stereocenters. The zero-order valence-corrected chi connectivity index (χ0v) is 11.2. The third-order valence-corrected chi connectivity index (χ3v) is 3.42. The summed E-state index contributed by atoms with van der Waals surface area (Å²) in [7, 11) is 1.82. The molecule has 0 saturated heterocycles. The van der Waals surface area contributed by atoms with Gasteiger partial charge in [0.15, 0.2) is 0 Å². The summed E-state index contributed by atoms with van der Waals surface area (Å²) in [5.41, 5.74) is 5.77. The fourth-order valence-corrected chi connectivity index (χ4v) is 1.94. The molecular weight excluding hydrogens is 214 g/mol. The second-order valence-corrected chi connectivity index (χ2v) is 4.21. The Kier molecular flexibility index (Phi) is 4.54. The summed E-state index contributed by atoms with van der Waals surface area (Å²) in [5, 5.41) is 6.46. The number of aromatic nitrogens is 2. The van der Waals surface area contributed by atoms with Crippen LogP contribution in [0.25, 0.3) is 0 Å². The minimum atomic E-state index is 0.0891. The maximum atomic E-state index is 5.68. The van der Waals surface area contributed by atoms with Crippen LogP contribution in [-0.2, 0) is 0 Å². The molecule has 0 aliphatic rings. The Bertz CT molecular complexity index is 352. The number of hydrogen-bond acceptors (Lipinski definition) is 5. The minimum Gasteiger partial charge on any atom is -0.373 e. The van der Waals surface area contributed by atoms with E-state index in [1.165, 1.54) is 0 Å². The van der Waals surface area contributed by atoms with Crippen molar-refractivity contribution in [2.75, 3.05) is 23.4 Å². The molecular formula is C12H23N5. The number of nitrogen functional groups attached to an aromatic ring is 1. The van der Waals surface area contributed by atoms with Gasteiger partial charge in [-0.25, -0.2) is 0 Å². The Morgan fingerprint density at radius 1 is 1.12 bits per heavy atom. The van der Waals surface area contributed by atoms with Crippen LogP contribution < -0.4 is 16.4 Å². The normalized spacial score (nSPS) is 11.3. The van der Waals surface area contributed by atoms with Gasteiger partial charge in [-0.2, -0.15) is 9.97 Å². The van der Waals surface area contributed by atoms with E-state index in [0.717, 1.165) is 30.9 Å². The van der Waals surface area contributed by atoms with Gasteiger partial charge in [0.25, 0.3) is 0 Å². The molecule has 0 aromatic carbocycles. The average molecular weight is 237 g/mol. The molecule has 5 heteroatoms. The summed E-state index contributed by atoms with van der Waals surface area (Å²) >= 11 is 0. The summed E-state index contributed by atoms with van der Waals surface area (Å²) in [5.74, 6) is 1.81. The van der Waals surface area contributed by atoms with E-state index >= 15 is 0 Å². The third kappa shape index (κ3) is 3.22. The van der Waals surface area contributed by atoms with Crippen molar-refractivity contribution in [3.63, 3.8) is 0 Å². The van der Waals surface area contributed by atoms with Crippen LogP contribution in [0.15, 0.2) is 6.07 Å². The van der Waals surface area contributed by atoms with Crippen molar-refractivity contribution in [1.82, 2.24) is 9.97 Å². The first-order valence-corrected chi connectivity index (χ1v) is 6.19. The maximum Gasteiger partial charge on any atom is 0.223 e. The van der Waals surface area contributed by atoms with E-state index in [2.05, 4.69) is 41.4 Å². The molecule has 5 nitrogen and oxygen atoms in total. The lowest BCUT2D eigenvalue weighted by molar-refractivity contribution is 0.419. The quantitative estimate of drug-likeness (QED) is 0.708. The molecule has 0 aliphatic carbocycles. The van der Waals surface area contributed by atoms with Gasteiger partial charge >= 0.3 is 0 Å². The van der Waals surface area contributed by atoms with Gasteiger partial charge in [-0.3, -0.25) is 0 Å². The number of rotatable bonds is 6. The Balaban J connectivity index is 2.96. The smallest absolute Gasteiger partial charge is 0.223 e. The Morgan fingerprint density at radius 3 is 2.12 bits per heavy atom. The number of nitrogens with zero attached hydrogens (tertiary/aromatic N) is 2. The van der Waals surface area contributed by atoms with Gasteiger partial charge in [-0.05, 0) is 19.3 Å². The van der Waals surface area contributed by atoms with Crippen molar-refractivity contribution in [3.05, 3.63) is 6.07 Å². The van der Waals surface area contributed by atoms with Crippen LogP contribution in [0, 0.1) is 0 Å². The largest absolute Gasteiger partial charge is 0.373 e. The lowest BCUT2D eigenvalue weighted by Crippen LogP contribution is -2.36. The van der Waals surface area contributed by atoms with Crippen LogP contribution in [0.4, 0.5) is 17.6 Å². The highest BCUT2D eigenvalue weighted by Crippen LogP contribution is 2.25. The standard InChI is InChI=1S/C12H23N5/c1-5-12(6-2,7-3)17-10-8-9(14-4)15-11(13)16-10/h8H,5-7H2,1-4H3,(H4,13,14,15,16,17). The number of nitrogens with two attached hydrogens (primary N) is 1. The molecule has 0 radical (unpaired) electrons. The van der Waals surface area contributed by atoms with Crippen LogP contribution in [0.2, 0.25) is 0 Å². The van der Waals surface area contributed by atoms with Crippen LogP contribution in [-0.4, -0.2) is 22.6 Å². The zero-order chi connectivity index (χ0) is 12.9. The lowest BCUT2D eigenvalue weighted by atomic mass is 9.90. The number of hydrogen-bond donors (Lipinski definition) is 3. The van der Waals surface area contributed by atoms with E-state index in [1.807, 2.05) is 13.1 Å². The van der Waals surface area contributed by atoms with E-state index in [1.54, 1.807) is 0 Å². The van der Waals surface area contributed by atoms with Gasteiger partial charge in [0.1, 0.15) is 11.6 Å². The number of anilines is 3. The van der Waals surface area contributed by atoms with E-state index in [9.17, 15) is 0 Å². The first kappa shape index (κ1) is 13.5. The van der Waals surface area contributed by atoms with E-state index in [-0.39, 0.29) is 11.5 Å². The molecule has 1 aromatic rings. The van der Waals surface area contributed by atoms with Crippen LogP contribution in [0.3, 0.4) is 0 Å². The van der Waals surface area contributed by atoms with Gasteiger partial charge in [-0.15, -0.1) is 0 Å². The van der Waals surface area contributed by atoms with Gasteiger partial charge in [-0.1, -0.05) is 20.8 Å². The van der Waals surface area contributed by atoms with Gasteiger partial charge in [0.05, 0.1) is 0 Å². The van der Waals surface area contributed by atoms with Crippen molar-refractivity contribution in [2.24, 2.45) is 0 Å². The molecule has 1 rings (SSSR count). The van der Waals surface area contributed by atoms with Crippen molar-refractivity contribution < 1.29 is 0 Å². The summed E-state index contributed by atoms with van der Waals surface area (Å²) < 4.78 is 0. The predicted molar refractivity (Wildman–Crippen MR) is 73.2 cm³/mol. The molecule has 0 spiro atoms. The first-order valence-electron chi connectivity index (χ1n) is 6.19. The summed E-state index contributed by atoms with van der Waals surface area (Å²) in [6, 6.07) is 1.88. The average Bonchev–Trinajstić information content (AvgIpc) is 2.35. The summed E-state index contributed by atoms with van der Waals surface area (Å²) in [6.07, 6.45) is 3.16. The molecule has 0 fully saturated rings. The lowest BCUT2D eigenvalue weighted by Gasteiger charge is -2.32. The van der Waals surface area contributed by atoms with Gasteiger partial charge in [0.2, 0.25) is 5.95 Å². The Hall–Kier alpha value is -1.52. The summed E-state index contributed by atoms with van der Waals surface area (Å²) in [4.78, 5) is 8.30. The van der Waals surface area contributed by atoms with Crippen LogP contribution in [0.5, 0.6) is 0 Å². The fraction of sp³-hybridized carbons (Fsp3) is 0.667. The molecule has 96 valence electrons. The minimum absolute atomic E-state index is 0.0891. The Morgan fingerprint density at radius 2 is 1.65 bits per heavy atom. The van der Waals surface area contributed by atoms with E-state index < -0.39 is 0 Å². The molecule has 0 atom stereocenters. The van der Waals surface area contributed by atoms with Gasteiger partial charge in [0, 0.05) is 18.7 Å². The zero-order valence-electron chi connectivity index (χ0n) is 11.2. The fourth-order valence-electron chi connectivity index (χ4n) is 1.94. The molecule has 4 N–H and O–H groups in total. The second kappa shape index (κ2) is 5.70. The van der Waals surface area contributed by atoms with Gasteiger partial charge < -0.3 is 16.4 Å². The second-order valence-electron chi connectivity index (χ2n) is 4.21. The molecule has 1 aromatic heterocycles. The van der Waals surface area contributed by atoms with E-state index in [0.29, 0.717) is 0 Å². The monoisotopic (exact) mass is 237 g/mol. The molecule has 0 saturated carbocycles. The van der Waals surface area contributed by atoms with Crippen molar-refractivity contribution in [2.45, 2.75) is 45.6 Å².